The Morgan fingerprint density at radius 1 is 1.21 bits per heavy atom. The first-order valence-electron chi connectivity index (χ1n) is 5.33. The topological polar surface area (TPSA) is 92.5 Å². The normalized spacial score (nSPS) is 10.8. The number of nitrogen functional groups attached to an aromatic ring is 1. The number of hydrogen-bond donors (Lipinski definition) is 3. The summed E-state index contributed by atoms with van der Waals surface area (Å²) in [6, 6.07) is 5.28. The van der Waals surface area contributed by atoms with Crippen LogP contribution in [0.1, 0.15) is 0 Å². The highest BCUT2D eigenvalue weighted by molar-refractivity contribution is 6.43. The van der Waals surface area contributed by atoms with Crippen LogP contribution in [0.15, 0.2) is 24.4 Å². The van der Waals surface area contributed by atoms with Gasteiger partial charge in [0.05, 0.1) is 27.3 Å². The number of rotatable bonds is 2. The molecule has 3 aromatic rings. The Bertz CT molecular complexity index is 754. The molecule has 8 heteroatoms. The Balaban J connectivity index is 2.10. The number of hydrogen-bond acceptors (Lipinski definition) is 5. The summed E-state index contributed by atoms with van der Waals surface area (Å²) >= 11 is 12.1. The molecule has 19 heavy (non-hydrogen) atoms. The van der Waals surface area contributed by atoms with Gasteiger partial charge in [-0.25, -0.2) is 0 Å². The van der Waals surface area contributed by atoms with E-state index in [1.165, 1.54) is 0 Å². The molecule has 1 aromatic carbocycles. The lowest BCUT2D eigenvalue weighted by atomic mass is 10.3. The number of aromatic amines is 1. The van der Waals surface area contributed by atoms with Crippen molar-refractivity contribution in [3.8, 4) is 0 Å². The monoisotopic (exact) mass is 294 g/mol. The number of anilines is 3. The molecule has 0 aliphatic heterocycles. The van der Waals surface area contributed by atoms with Gasteiger partial charge < -0.3 is 11.1 Å². The summed E-state index contributed by atoms with van der Waals surface area (Å²) in [5.41, 5.74) is 6.82. The third-order valence-corrected chi connectivity index (χ3v) is 3.35. The summed E-state index contributed by atoms with van der Waals surface area (Å²) in [4.78, 5) is 8.16. The molecule has 0 fully saturated rings. The number of nitrogens with one attached hydrogen (secondary N) is 2. The van der Waals surface area contributed by atoms with Gasteiger partial charge in [0.15, 0.2) is 5.65 Å². The number of nitrogens with zero attached hydrogens (tertiary/aromatic N) is 3. The average molecular weight is 295 g/mol. The van der Waals surface area contributed by atoms with Crippen LogP contribution in [0.2, 0.25) is 10.0 Å². The minimum Gasteiger partial charge on any atom is -0.368 e. The highest BCUT2D eigenvalue weighted by Gasteiger charge is 2.10. The molecule has 96 valence electrons. The third kappa shape index (κ3) is 2.16. The molecule has 0 aliphatic rings. The van der Waals surface area contributed by atoms with Crippen LogP contribution in [0.4, 0.5) is 17.5 Å². The zero-order chi connectivity index (χ0) is 13.4. The maximum absolute atomic E-state index is 6.12. The summed E-state index contributed by atoms with van der Waals surface area (Å²) in [6.45, 7) is 0. The van der Waals surface area contributed by atoms with E-state index in [-0.39, 0.29) is 5.95 Å². The zero-order valence-corrected chi connectivity index (χ0v) is 11.0. The molecule has 0 saturated carbocycles. The fourth-order valence-corrected chi connectivity index (χ4v) is 2.02. The maximum atomic E-state index is 6.12. The van der Waals surface area contributed by atoms with Crippen molar-refractivity contribution in [3.05, 3.63) is 34.4 Å². The molecule has 0 unspecified atom stereocenters. The van der Waals surface area contributed by atoms with Crippen LogP contribution in [-0.4, -0.2) is 20.2 Å². The molecule has 4 N–H and O–H groups in total. The maximum Gasteiger partial charge on any atom is 0.224 e. The van der Waals surface area contributed by atoms with Gasteiger partial charge in [-0.3, -0.25) is 5.10 Å². The Morgan fingerprint density at radius 3 is 2.89 bits per heavy atom. The van der Waals surface area contributed by atoms with Crippen molar-refractivity contribution in [3.63, 3.8) is 0 Å². The summed E-state index contributed by atoms with van der Waals surface area (Å²) in [7, 11) is 0. The molecular weight excluding hydrogens is 287 g/mol. The number of benzene rings is 1. The molecule has 0 amide bonds. The van der Waals surface area contributed by atoms with Gasteiger partial charge >= 0.3 is 0 Å². The van der Waals surface area contributed by atoms with Gasteiger partial charge in [-0.15, -0.1) is 0 Å². The van der Waals surface area contributed by atoms with Crippen molar-refractivity contribution in [2.24, 2.45) is 0 Å². The van der Waals surface area contributed by atoms with Gasteiger partial charge in [-0.05, 0) is 12.1 Å². The molecule has 0 bridgehead atoms. The second-order valence-corrected chi connectivity index (χ2v) is 4.57. The quantitative estimate of drug-likeness (QED) is 0.676. The molecule has 6 nitrogen and oxygen atoms in total. The van der Waals surface area contributed by atoms with E-state index in [9.17, 15) is 0 Å². The minimum atomic E-state index is 0.136. The van der Waals surface area contributed by atoms with Gasteiger partial charge in [-0.2, -0.15) is 15.1 Å². The van der Waals surface area contributed by atoms with Crippen molar-refractivity contribution >= 4 is 51.7 Å². The molecule has 0 atom stereocenters. The van der Waals surface area contributed by atoms with E-state index in [1.54, 1.807) is 24.4 Å². The van der Waals surface area contributed by atoms with Crippen LogP contribution in [0.5, 0.6) is 0 Å². The van der Waals surface area contributed by atoms with Crippen molar-refractivity contribution in [2.45, 2.75) is 0 Å². The highest BCUT2D eigenvalue weighted by Crippen LogP contribution is 2.32. The lowest BCUT2D eigenvalue weighted by Gasteiger charge is -2.09. The van der Waals surface area contributed by atoms with E-state index in [4.69, 9.17) is 28.9 Å². The summed E-state index contributed by atoms with van der Waals surface area (Å²) in [5.74, 6) is 0.651. The second kappa shape index (κ2) is 4.56. The van der Waals surface area contributed by atoms with Gasteiger partial charge in [0, 0.05) is 0 Å². The lowest BCUT2D eigenvalue weighted by Crippen LogP contribution is -2.01. The number of H-pyrrole nitrogens is 1. The largest absolute Gasteiger partial charge is 0.368 e. The molecule has 0 aliphatic carbocycles. The predicted molar refractivity (Wildman–Crippen MR) is 75.8 cm³/mol. The number of aromatic nitrogens is 4. The third-order valence-electron chi connectivity index (χ3n) is 2.53. The van der Waals surface area contributed by atoms with Crippen molar-refractivity contribution < 1.29 is 0 Å². The number of fused-ring (bicyclic) bond motifs is 1. The molecule has 0 saturated heterocycles. The van der Waals surface area contributed by atoms with E-state index in [2.05, 4.69) is 25.5 Å². The van der Waals surface area contributed by atoms with Gasteiger partial charge in [0.25, 0.3) is 0 Å². The number of nitrogens with two attached hydrogens (primary N) is 1. The Labute approximate surface area is 118 Å². The van der Waals surface area contributed by atoms with Crippen molar-refractivity contribution in [1.29, 1.82) is 0 Å². The standard InChI is InChI=1S/C11H8Cl2N6/c12-6-2-1-3-7(8(6)13)16-9-5-4-15-19-10(5)18-11(14)17-9/h1-4H,(H4,14,15,16,17,18,19). The minimum absolute atomic E-state index is 0.136. The summed E-state index contributed by atoms with van der Waals surface area (Å²) in [6.07, 6.45) is 1.61. The fourth-order valence-electron chi connectivity index (χ4n) is 1.68. The molecule has 0 radical (unpaired) electrons. The smallest absolute Gasteiger partial charge is 0.224 e. The Hall–Kier alpha value is -2.05. The van der Waals surface area contributed by atoms with E-state index in [0.717, 1.165) is 0 Å². The molecular formula is C11H8Cl2N6. The summed E-state index contributed by atoms with van der Waals surface area (Å²) in [5, 5.41) is 11.3. The molecule has 2 heterocycles. The molecule has 2 aromatic heterocycles. The van der Waals surface area contributed by atoms with Gasteiger partial charge in [-0.1, -0.05) is 29.3 Å². The van der Waals surface area contributed by atoms with Crippen LogP contribution >= 0.6 is 23.2 Å². The first kappa shape index (κ1) is 12.0. The van der Waals surface area contributed by atoms with E-state index in [0.29, 0.717) is 32.6 Å². The van der Waals surface area contributed by atoms with Crippen molar-refractivity contribution in [1.82, 2.24) is 20.2 Å². The van der Waals surface area contributed by atoms with Crippen LogP contribution < -0.4 is 11.1 Å². The zero-order valence-electron chi connectivity index (χ0n) is 9.48. The SMILES string of the molecule is Nc1nc(Nc2cccc(Cl)c2Cl)c2cn[nH]c2n1. The lowest BCUT2D eigenvalue weighted by molar-refractivity contribution is 1.09. The Kier molecular flexibility index (Phi) is 2.88. The van der Waals surface area contributed by atoms with Gasteiger partial charge in [0.1, 0.15) is 5.82 Å². The summed E-state index contributed by atoms with van der Waals surface area (Å²) < 4.78 is 0. The van der Waals surface area contributed by atoms with Crippen LogP contribution in [0.25, 0.3) is 11.0 Å². The first-order valence-corrected chi connectivity index (χ1v) is 6.08. The van der Waals surface area contributed by atoms with E-state index >= 15 is 0 Å². The first-order chi connectivity index (χ1) is 9.15. The average Bonchev–Trinajstić information content (AvgIpc) is 2.83. The van der Waals surface area contributed by atoms with E-state index < -0.39 is 0 Å². The fraction of sp³-hybridized carbons (Fsp3) is 0. The predicted octanol–water partition coefficient (Wildman–Crippen LogP) is 2.99. The Morgan fingerprint density at radius 2 is 2.05 bits per heavy atom. The van der Waals surface area contributed by atoms with Crippen molar-refractivity contribution in [2.75, 3.05) is 11.1 Å². The second-order valence-electron chi connectivity index (χ2n) is 3.79. The van der Waals surface area contributed by atoms with Crippen LogP contribution in [0, 0.1) is 0 Å². The van der Waals surface area contributed by atoms with Gasteiger partial charge in [0.2, 0.25) is 5.95 Å². The molecule has 3 rings (SSSR count). The highest BCUT2D eigenvalue weighted by atomic mass is 35.5. The van der Waals surface area contributed by atoms with Crippen LogP contribution in [-0.2, 0) is 0 Å². The number of halogens is 2. The molecule has 0 spiro atoms. The van der Waals surface area contributed by atoms with Crippen LogP contribution in [0.3, 0.4) is 0 Å². The van der Waals surface area contributed by atoms with E-state index in [1.807, 2.05) is 0 Å².